The van der Waals surface area contributed by atoms with E-state index in [1.165, 1.54) is 0 Å². The molecule has 1 aliphatic heterocycles. The molecule has 5 nitrogen and oxygen atoms in total. The Balaban J connectivity index is 2.59. The monoisotopic (exact) mass is 169 g/mol. The summed E-state index contributed by atoms with van der Waals surface area (Å²) < 4.78 is 0. The van der Waals surface area contributed by atoms with Gasteiger partial charge in [-0.05, 0) is 0 Å². The summed E-state index contributed by atoms with van der Waals surface area (Å²) in [6, 6.07) is 0. The van der Waals surface area contributed by atoms with E-state index < -0.39 is 17.8 Å². The van der Waals surface area contributed by atoms with Crippen molar-refractivity contribution in [2.45, 2.75) is 13.3 Å². The van der Waals surface area contributed by atoms with Gasteiger partial charge in [0.2, 0.25) is 0 Å². The minimum atomic E-state index is -0.623. The van der Waals surface area contributed by atoms with Crippen LogP contribution >= 0.6 is 0 Å². The van der Waals surface area contributed by atoms with Crippen LogP contribution in [-0.2, 0) is 19.2 Å². The normalized spacial score (nSPS) is 15.6. The Morgan fingerprint density at radius 2 is 1.92 bits per heavy atom. The molecule has 0 aromatic rings. The molecule has 5 heteroatoms. The van der Waals surface area contributed by atoms with Crippen LogP contribution < -0.4 is 0 Å². The summed E-state index contributed by atoms with van der Waals surface area (Å²) >= 11 is 0. The number of rotatable bonds is 2. The molecule has 0 saturated heterocycles. The summed E-state index contributed by atoms with van der Waals surface area (Å²) in [5.41, 5.74) is 0. The molecule has 0 aliphatic carbocycles. The smallest absolute Gasteiger partial charge is 0.330 e. The SMILES string of the molecule is CCC(=O)ON1C(=O)C=CC1=O. The lowest BCUT2D eigenvalue weighted by atomic mass is 10.5. The Kier molecular flexibility index (Phi) is 2.23. The fourth-order valence-corrected chi connectivity index (χ4v) is 0.643. The van der Waals surface area contributed by atoms with Gasteiger partial charge in [-0.1, -0.05) is 12.0 Å². The second-order valence-electron chi connectivity index (χ2n) is 2.12. The average Bonchev–Trinajstić information content (AvgIpc) is 2.35. The molecule has 0 N–H and O–H groups in total. The third kappa shape index (κ3) is 1.50. The number of carbonyl (C=O) groups is 3. The van der Waals surface area contributed by atoms with E-state index >= 15 is 0 Å². The van der Waals surface area contributed by atoms with Gasteiger partial charge in [0.1, 0.15) is 0 Å². The maximum atomic E-state index is 10.8. The van der Waals surface area contributed by atoms with Gasteiger partial charge in [0.05, 0.1) is 0 Å². The van der Waals surface area contributed by atoms with E-state index in [1.54, 1.807) is 6.92 Å². The van der Waals surface area contributed by atoms with E-state index in [4.69, 9.17) is 0 Å². The van der Waals surface area contributed by atoms with Crippen molar-refractivity contribution in [2.75, 3.05) is 0 Å². The number of hydrogen-bond donors (Lipinski definition) is 0. The molecule has 0 aromatic heterocycles. The van der Waals surface area contributed by atoms with Gasteiger partial charge in [-0.25, -0.2) is 4.79 Å². The average molecular weight is 169 g/mol. The molecule has 1 heterocycles. The van der Waals surface area contributed by atoms with Crippen molar-refractivity contribution in [3.8, 4) is 0 Å². The molecule has 0 bridgehead atoms. The zero-order valence-electron chi connectivity index (χ0n) is 6.44. The van der Waals surface area contributed by atoms with Crippen molar-refractivity contribution in [3.63, 3.8) is 0 Å². The second kappa shape index (κ2) is 3.17. The quantitative estimate of drug-likeness (QED) is 0.536. The summed E-state index contributed by atoms with van der Waals surface area (Å²) in [4.78, 5) is 36.6. The van der Waals surface area contributed by atoms with Crippen LogP contribution in [0.3, 0.4) is 0 Å². The van der Waals surface area contributed by atoms with Crippen molar-refractivity contribution in [1.29, 1.82) is 0 Å². The topological polar surface area (TPSA) is 63.7 Å². The van der Waals surface area contributed by atoms with Crippen LogP contribution in [-0.4, -0.2) is 22.8 Å². The molecule has 1 aliphatic rings. The van der Waals surface area contributed by atoms with Crippen LogP contribution in [0.25, 0.3) is 0 Å². The van der Waals surface area contributed by atoms with E-state index in [2.05, 4.69) is 4.84 Å². The van der Waals surface area contributed by atoms with Crippen molar-refractivity contribution >= 4 is 17.8 Å². The highest BCUT2D eigenvalue weighted by Crippen LogP contribution is 2.04. The molecule has 0 fully saturated rings. The number of nitrogens with zero attached hydrogens (tertiary/aromatic N) is 1. The predicted molar refractivity (Wildman–Crippen MR) is 37.4 cm³/mol. The molecule has 0 unspecified atom stereocenters. The Bertz CT molecular complexity index is 251. The Hall–Kier alpha value is -1.65. The molecule has 0 atom stereocenters. The number of hydrogen-bond acceptors (Lipinski definition) is 4. The first-order valence-electron chi connectivity index (χ1n) is 3.42. The lowest BCUT2D eigenvalue weighted by molar-refractivity contribution is -0.195. The standard InChI is InChI=1S/C7H7NO4/c1-2-7(11)12-8-5(9)3-4-6(8)10/h3-4H,2H2,1H3. The molecule has 1 rings (SSSR count). The van der Waals surface area contributed by atoms with Crippen LogP contribution in [0.1, 0.15) is 13.3 Å². The van der Waals surface area contributed by atoms with Gasteiger partial charge in [0, 0.05) is 18.6 Å². The zero-order chi connectivity index (χ0) is 9.14. The first kappa shape index (κ1) is 8.45. The van der Waals surface area contributed by atoms with Gasteiger partial charge in [-0.15, -0.1) is 0 Å². The summed E-state index contributed by atoms with van der Waals surface area (Å²) in [5.74, 6) is -1.86. The molecular formula is C7H7NO4. The summed E-state index contributed by atoms with van der Waals surface area (Å²) in [7, 11) is 0. The van der Waals surface area contributed by atoms with Crippen LogP contribution in [0, 0.1) is 0 Å². The number of imide groups is 1. The molecule has 12 heavy (non-hydrogen) atoms. The van der Waals surface area contributed by atoms with Gasteiger partial charge >= 0.3 is 5.97 Å². The fourth-order valence-electron chi connectivity index (χ4n) is 0.643. The minimum absolute atomic E-state index is 0.122. The number of hydroxylamine groups is 2. The van der Waals surface area contributed by atoms with E-state index in [0.29, 0.717) is 5.06 Å². The maximum absolute atomic E-state index is 10.8. The van der Waals surface area contributed by atoms with Gasteiger partial charge in [-0.3, -0.25) is 9.59 Å². The molecule has 0 spiro atoms. The van der Waals surface area contributed by atoms with Crippen molar-refractivity contribution in [3.05, 3.63) is 12.2 Å². The van der Waals surface area contributed by atoms with Gasteiger partial charge < -0.3 is 4.84 Å². The van der Waals surface area contributed by atoms with Gasteiger partial charge in [0.25, 0.3) is 11.8 Å². The van der Waals surface area contributed by atoms with Gasteiger partial charge in [0.15, 0.2) is 0 Å². The largest absolute Gasteiger partial charge is 0.332 e. The summed E-state index contributed by atoms with van der Waals surface area (Å²) in [5, 5.41) is 0.436. The molecule has 2 amide bonds. The fraction of sp³-hybridized carbons (Fsp3) is 0.286. The van der Waals surface area contributed by atoms with Crippen LogP contribution in [0.2, 0.25) is 0 Å². The molecule has 0 saturated carbocycles. The first-order valence-corrected chi connectivity index (χ1v) is 3.42. The molecule has 64 valence electrons. The van der Waals surface area contributed by atoms with Crippen LogP contribution in [0.5, 0.6) is 0 Å². The minimum Gasteiger partial charge on any atom is -0.330 e. The Labute approximate surface area is 68.5 Å². The Morgan fingerprint density at radius 3 is 2.33 bits per heavy atom. The highest BCUT2D eigenvalue weighted by Gasteiger charge is 2.27. The number of carbonyl (C=O) groups excluding carboxylic acids is 3. The van der Waals surface area contributed by atoms with Gasteiger partial charge in [-0.2, -0.15) is 0 Å². The van der Waals surface area contributed by atoms with Crippen molar-refractivity contribution < 1.29 is 19.2 Å². The third-order valence-corrected chi connectivity index (χ3v) is 1.25. The van der Waals surface area contributed by atoms with E-state index in [-0.39, 0.29) is 6.42 Å². The maximum Gasteiger partial charge on any atom is 0.332 e. The predicted octanol–water partition coefficient (Wildman–Crippen LogP) is -0.220. The zero-order valence-corrected chi connectivity index (χ0v) is 6.44. The van der Waals surface area contributed by atoms with Crippen LogP contribution in [0.15, 0.2) is 12.2 Å². The first-order chi connectivity index (χ1) is 5.65. The highest BCUT2D eigenvalue weighted by atomic mass is 16.7. The third-order valence-electron chi connectivity index (χ3n) is 1.25. The van der Waals surface area contributed by atoms with Crippen LogP contribution in [0.4, 0.5) is 0 Å². The van der Waals surface area contributed by atoms with E-state index in [9.17, 15) is 14.4 Å². The molecular weight excluding hydrogens is 162 g/mol. The molecule has 0 radical (unpaired) electrons. The lowest BCUT2D eigenvalue weighted by Gasteiger charge is -2.10. The van der Waals surface area contributed by atoms with Crippen molar-refractivity contribution in [1.82, 2.24) is 5.06 Å². The van der Waals surface area contributed by atoms with E-state index in [0.717, 1.165) is 12.2 Å². The molecule has 0 aromatic carbocycles. The second-order valence-corrected chi connectivity index (χ2v) is 2.12. The lowest BCUT2D eigenvalue weighted by Crippen LogP contribution is -2.32. The highest BCUT2D eigenvalue weighted by molar-refractivity contribution is 6.12. The van der Waals surface area contributed by atoms with E-state index in [1.807, 2.05) is 0 Å². The van der Waals surface area contributed by atoms with Crippen molar-refractivity contribution in [2.24, 2.45) is 0 Å². The Morgan fingerprint density at radius 1 is 1.42 bits per heavy atom. The summed E-state index contributed by atoms with van der Waals surface area (Å²) in [6.45, 7) is 1.57. The number of amides is 2. The summed E-state index contributed by atoms with van der Waals surface area (Å²) in [6.07, 6.45) is 2.22.